The van der Waals surface area contributed by atoms with E-state index >= 15 is 0 Å². The monoisotopic (exact) mass is 500 g/mol. The van der Waals surface area contributed by atoms with E-state index in [1.54, 1.807) is 51.4 Å². The van der Waals surface area contributed by atoms with Crippen molar-refractivity contribution in [3.63, 3.8) is 0 Å². The molecule has 1 aliphatic carbocycles. The highest BCUT2D eigenvalue weighted by atomic mass is 16.6. The number of para-hydroxylation sites is 2. The van der Waals surface area contributed by atoms with Crippen LogP contribution in [0.15, 0.2) is 35.9 Å². The van der Waals surface area contributed by atoms with E-state index in [0.29, 0.717) is 30.0 Å². The van der Waals surface area contributed by atoms with Crippen LogP contribution in [0.25, 0.3) is 0 Å². The zero-order chi connectivity index (χ0) is 25.9. The molecule has 1 aromatic carbocycles. The lowest BCUT2D eigenvalue weighted by atomic mass is 9.79. The Morgan fingerprint density at radius 1 is 1.22 bits per heavy atom. The Kier molecular flexibility index (Phi) is 5.99. The van der Waals surface area contributed by atoms with Crippen LogP contribution >= 0.6 is 0 Å². The molecule has 1 amide bonds. The smallest absolute Gasteiger partial charge is 0.412 e. The number of carbonyl (C=O) groups is 3. The summed E-state index contributed by atoms with van der Waals surface area (Å²) in [6.45, 7) is 5.87. The fourth-order valence-corrected chi connectivity index (χ4v) is 6.15. The van der Waals surface area contributed by atoms with E-state index in [1.165, 1.54) is 4.90 Å². The van der Waals surface area contributed by atoms with Crippen LogP contribution in [0, 0.1) is 11.8 Å². The van der Waals surface area contributed by atoms with Gasteiger partial charge in [-0.1, -0.05) is 19.1 Å². The maximum Gasteiger partial charge on any atom is 0.412 e. The molecule has 10 heteroatoms. The summed E-state index contributed by atoms with van der Waals surface area (Å²) in [5.74, 6) is -1.22. The molecule has 8 unspecified atom stereocenters. The Hall–Kier alpha value is -3.11. The van der Waals surface area contributed by atoms with E-state index in [1.807, 2.05) is 18.7 Å². The minimum atomic E-state index is -1.20. The minimum Gasteiger partial charge on any atom is -0.492 e. The molecular formula is C26H32N2O8. The number of amides is 1. The summed E-state index contributed by atoms with van der Waals surface area (Å²) in [5, 5.41) is 10.5. The molecule has 2 bridgehead atoms. The van der Waals surface area contributed by atoms with Crippen LogP contribution in [0.2, 0.25) is 0 Å². The van der Waals surface area contributed by atoms with E-state index in [4.69, 9.17) is 18.9 Å². The molecule has 0 aromatic heterocycles. The van der Waals surface area contributed by atoms with Gasteiger partial charge < -0.3 is 29.0 Å². The summed E-state index contributed by atoms with van der Waals surface area (Å²) < 4.78 is 23.5. The van der Waals surface area contributed by atoms with Gasteiger partial charge in [-0.25, -0.2) is 9.59 Å². The van der Waals surface area contributed by atoms with E-state index in [2.05, 4.69) is 0 Å². The zero-order valence-electron chi connectivity index (χ0n) is 21.0. The van der Waals surface area contributed by atoms with Crippen LogP contribution in [-0.4, -0.2) is 84.7 Å². The largest absolute Gasteiger partial charge is 0.492 e. The summed E-state index contributed by atoms with van der Waals surface area (Å²) in [6, 6.07) is 5.44. The van der Waals surface area contributed by atoms with Crippen LogP contribution in [0.3, 0.4) is 0 Å². The van der Waals surface area contributed by atoms with Crippen molar-refractivity contribution >= 4 is 23.7 Å². The molecule has 1 aromatic rings. The number of nitrogens with zero attached hydrogens (tertiary/aromatic N) is 2. The Morgan fingerprint density at radius 2 is 1.94 bits per heavy atom. The first kappa shape index (κ1) is 24.6. The summed E-state index contributed by atoms with van der Waals surface area (Å²) in [4.78, 5) is 41.7. The van der Waals surface area contributed by atoms with Crippen molar-refractivity contribution < 1.29 is 38.4 Å². The molecule has 8 atom stereocenters. The third-order valence-corrected chi connectivity index (χ3v) is 7.83. The molecule has 3 heterocycles. The third-order valence-electron chi connectivity index (χ3n) is 7.83. The van der Waals surface area contributed by atoms with Crippen LogP contribution in [0.5, 0.6) is 5.75 Å². The summed E-state index contributed by atoms with van der Waals surface area (Å²) >= 11 is 0. The number of benzene rings is 1. The molecule has 3 aliphatic heterocycles. The van der Waals surface area contributed by atoms with Gasteiger partial charge in [0.25, 0.3) is 0 Å². The number of epoxide rings is 1. The van der Waals surface area contributed by atoms with E-state index < -0.39 is 54.0 Å². The molecule has 194 valence electrons. The molecule has 1 N–H and O–H groups in total. The minimum absolute atomic E-state index is 0.332. The highest BCUT2D eigenvalue weighted by molar-refractivity contribution is 5.95. The average molecular weight is 501 g/mol. The fraction of sp³-hybridized carbons (Fsp3) is 0.577. The molecule has 4 aliphatic rings. The van der Waals surface area contributed by atoms with Crippen molar-refractivity contribution in [3.8, 4) is 5.75 Å². The maximum atomic E-state index is 13.2. The zero-order valence-corrected chi connectivity index (χ0v) is 21.0. The number of hydrogen-bond donors (Lipinski definition) is 1. The molecule has 36 heavy (non-hydrogen) atoms. The predicted molar refractivity (Wildman–Crippen MR) is 128 cm³/mol. The number of anilines is 1. The number of likely N-dealkylation sites (N-methyl/N-ethyl adjacent to an activating group) is 1. The number of rotatable bonds is 5. The van der Waals surface area contributed by atoms with Gasteiger partial charge in [-0.05, 0) is 46.2 Å². The summed E-state index contributed by atoms with van der Waals surface area (Å²) in [5.41, 5.74) is -0.0537. The lowest BCUT2D eigenvalue weighted by Crippen LogP contribution is -2.57. The van der Waals surface area contributed by atoms with Crippen molar-refractivity contribution in [2.45, 2.75) is 63.2 Å². The quantitative estimate of drug-likeness (QED) is 0.480. The van der Waals surface area contributed by atoms with Crippen molar-refractivity contribution in [2.75, 3.05) is 25.6 Å². The third kappa shape index (κ3) is 3.83. The molecular weight excluding hydrogens is 468 g/mol. The van der Waals surface area contributed by atoms with Gasteiger partial charge in [-0.3, -0.25) is 9.69 Å². The van der Waals surface area contributed by atoms with Crippen LogP contribution in [0.1, 0.15) is 27.2 Å². The molecule has 0 radical (unpaired) electrons. The molecule has 0 saturated carbocycles. The second-order valence-corrected chi connectivity index (χ2v) is 10.3. The molecule has 10 nitrogen and oxygen atoms in total. The lowest BCUT2D eigenvalue weighted by Gasteiger charge is -2.39. The lowest BCUT2D eigenvalue weighted by molar-refractivity contribution is -0.144. The second kappa shape index (κ2) is 8.77. The SMILES string of the molecule is CCOc1ccccc1N(C(=O)O)C1C(N(C)C)C2=CC(OC2=O)C2C(CC3(C)OC13)OC(=O)C2C. The van der Waals surface area contributed by atoms with E-state index in [0.717, 1.165) is 0 Å². The van der Waals surface area contributed by atoms with Crippen LogP contribution in [-0.2, 0) is 23.8 Å². The number of esters is 2. The summed E-state index contributed by atoms with van der Waals surface area (Å²) in [6.07, 6.45) is -0.813. The number of carbonyl (C=O) groups excluding carboxylic acids is 2. The number of fused-ring (bicyclic) bond motifs is 4. The van der Waals surface area contributed by atoms with Gasteiger partial charge in [0.1, 0.15) is 24.1 Å². The van der Waals surface area contributed by atoms with E-state index in [-0.39, 0.29) is 11.9 Å². The highest BCUT2D eigenvalue weighted by Crippen LogP contribution is 2.52. The fourth-order valence-electron chi connectivity index (χ4n) is 6.15. The topological polar surface area (TPSA) is 118 Å². The first-order valence-electron chi connectivity index (χ1n) is 12.3. The van der Waals surface area contributed by atoms with Crippen LogP contribution in [0.4, 0.5) is 10.5 Å². The van der Waals surface area contributed by atoms with Gasteiger partial charge in [-0.15, -0.1) is 0 Å². The predicted octanol–water partition coefficient (Wildman–Crippen LogP) is 2.46. The summed E-state index contributed by atoms with van der Waals surface area (Å²) in [7, 11) is 3.60. The Bertz CT molecular complexity index is 1120. The molecule has 5 rings (SSSR count). The van der Waals surface area contributed by atoms with Crippen molar-refractivity contribution in [3.05, 3.63) is 35.9 Å². The Morgan fingerprint density at radius 3 is 2.61 bits per heavy atom. The highest BCUT2D eigenvalue weighted by Gasteiger charge is 2.65. The average Bonchev–Trinajstić information content (AvgIpc) is 3.19. The van der Waals surface area contributed by atoms with Crippen LogP contribution < -0.4 is 9.64 Å². The first-order valence-corrected chi connectivity index (χ1v) is 12.3. The number of carboxylic acid groups (broad SMARTS) is 1. The van der Waals surface area contributed by atoms with Gasteiger partial charge >= 0.3 is 18.0 Å². The Balaban J connectivity index is 1.67. The van der Waals surface area contributed by atoms with E-state index in [9.17, 15) is 19.5 Å². The van der Waals surface area contributed by atoms with Gasteiger partial charge in [-0.2, -0.15) is 0 Å². The van der Waals surface area contributed by atoms with Crippen molar-refractivity contribution in [1.29, 1.82) is 0 Å². The normalized spacial score (nSPS) is 36.8. The van der Waals surface area contributed by atoms with Gasteiger partial charge in [0.15, 0.2) is 0 Å². The molecule has 0 spiro atoms. The second-order valence-electron chi connectivity index (χ2n) is 10.3. The maximum absolute atomic E-state index is 13.2. The molecule has 2 fully saturated rings. The van der Waals surface area contributed by atoms with Crippen molar-refractivity contribution in [1.82, 2.24) is 4.90 Å². The first-order chi connectivity index (χ1) is 17.1. The number of ether oxygens (including phenoxy) is 4. The Labute approximate surface area is 209 Å². The number of hydrogen-bond acceptors (Lipinski definition) is 8. The van der Waals surface area contributed by atoms with Crippen molar-refractivity contribution in [2.24, 2.45) is 11.8 Å². The van der Waals surface area contributed by atoms with Gasteiger partial charge in [0.2, 0.25) is 0 Å². The van der Waals surface area contributed by atoms with Gasteiger partial charge in [0.05, 0.1) is 41.5 Å². The molecule has 2 saturated heterocycles. The van der Waals surface area contributed by atoms with Gasteiger partial charge in [0, 0.05) is 12.3 Å². The standard InChI is InChI=1S/C26H32N2O8/c1-6-33-16-10-8-7-9-15(16)28(25(31)32)21-20(27(4)5)14-11-17(34-24(14)30)19-13(2)23(29)35-18(19)12-26(3)22(21)36-26/h7-11,13,17-22H,6,12H2,1-5H3,(H,31,32).